The van der Waals surface area contributed by atoms with Crippen LogP contribution in [0.4, 0.5) is 0 Å². The van der Waals surface area contributed by atoms with Crippen LogP contribution in [0.2, 0.25) is 0 Å². The lowest BCUT2D eigenvalue weighted by Gasteiger charge is -1.98. The second kappa shape index (κ2) is 2.67. The van der Waals surface area contributed by atoms with Gasteiger partial charge in [0.15, 0.2) is 0 Å². The number of hydrogen-bond donors (Lipinski definition) is 0. The molecule has 0 fully saturated rings. The summed E-state index contributed by atoms with van der Waals surface area (Å²) in [5, 5.41) is 0. The summed E-state index contributed by atoms with van der Waals surface area (Å²) in [6.45, 7) is 4.33. The van der Waals surface area contributed by atoms with Crippen LogP contribution in [-0.2, 0) is 6.42 Å². The molecule has 0 saturated heterocycles. The second-order valence-electron chi connectivity index (χ2n) is 2.28. The number of hydrogen-bond acceptors (Lipinski definition) is 0. The molecule has 0 spiro atoms. The van der Waals surface area contributed by atoms with Crippen molar-refractivity contribution in [3.8, 4) is 0 Å². The molecular formula is C9H14. The molecule has 1 rings (SSSR count). The van der Waals surface area contributed by atoms with Crippen LogP contribution in [0.3, 0.4) is 0 Å². The lowest BCUT2D eigenvalue weighted by molar-refractivity contribution is 1.11. The van der Waals surface area contributed by atoms with E-state index in [1.165, 1.54) is 11.1 Å². The van der Waals surface area contributed by atoms with Crippen LogP contribution >= 0.6 is 0 Å². The van der Waals surface area contributed by atoms with E-state index in [1.54, 1.807) is 0 Å². The Morgan fingerprint density at radius 3 is 2.44 bits per heavy atom. The molecule has 0 aliphatic carbocycles. The Labute approximate surface area is 58.0 Å². The van der Waals surface area contributed by atoms with Crippen molar-refractivity contribution >= 4 is 0 Å². The molecule has 0 N–H and O–H groups in total. The quantitative estimate of drug-likeness (QED) is 0.537. The largest absolute Gasteiger partial charge is 0.0620 e. The van der Waals surface area contributed by atoms with Crippen molar-refractivity contribution in [3.63, 3.8) is 0 Å². The van der Waals surface area contributed by atoms with Gasteiger partial charge in [0.1, 0.15) is 0 Å². The lowest BCUT2D eigenvalue weighted by Crippen LogP contribution is -1.82. The zero-order valence-electron chi connectivity index (χ0n) is 6.02. The van der Waals surface area contributed by atoms with Crippen LogP contribution in [0.25, 0.3) is 0 Å². The van der Waals surface area contributed by atoms with E-state index in [1.807, 2.05) is 0 Å². The van der Waals surface area contributed by atoms with E-state index in [9.17, 15) is 0 Å². The fraction of sp³-hybridized carbons (Fsp3) is 0.333. The summed E-state index contributed by atoms with van der Waals surface area (Å²) in [7, 11) is 0. The van der Waals surface area contributed by atoms with Crippen molar-refractivity contribution in [2.24, 2.45) is 0 Å². The molecule has 0 heterocycles. The normalized spacial score (nSPS) is 9.56. The molecule has 0 saturated carbocycles. The number of rotatable bonds is 1. The van der Waals surface area contributed by atoms with E-state index in [4.69, 9.17) is 0 Å². The fourth-order valence-corrected chi connectivity index (χ4v) is 1.01. The van der Waals surface area contributed by atoms with E-state index in [0.717, 1.165) is 6.42 Å². The molecule has 0 aliphatic rings. The van der Waals surface area contributed by atoms with E-state index < -0.39 is 0 Å². The summed E-state index contributed by atoms with van der Waals surface area (Å²) >= 11 is 0. The van der Waals surface area contributed by atoms with Crippen molar-refractivity contribution in [2.45, 2.75) is 20.3 Å². The lowest BCUT2D eigenvalue weighted by atomic mass is 10.1. The smallest absolute Gasteiger partial charge is 0 e. The van der Waals surface area contributed by atoms with Gasteiger partial charge in [-0.1, -0.05) is 31.2 Å². The predicted octanol–water partition coefficient (Wildman–Crippen LogP) is 2.80. The minimum Gasteiger partial charge on any atom is -0.0620 e. The van der Waals surface area contributed by atoms with Gasteiger partial charge in [0.25, 0.3) is 0 Å². The summed E-state index contributed by atoms with van der Waals surface area (Å²) in [5.41, 5.74) is 2.86. The predicted molar refractivity (Wildman–Crippen MR) is 42.7 cm³/mol. The highest BCUT2D eigenvalue weighted by atomic mass is 13.9. The van der Waals surface area contributed by atoms with Gasteiger partial charge in [-0.2, -0.15) is 0 Å². The third kappa shape index (κ3) is 1.32. The molecule has 0 unspecified atom stereocenters. The first-order valence-corrected chi connectivity index (χ1v) is 3.39. The van der Waals surface area contributed by atoms with Crippen LogP contribution < -0.4 is 0 Å². The fourth-order valence-electron chi connectivity index (χ4n) is 1.01. The summed E-state index contributed by atoms with van der Waals surface area (Å²) in [6.07, 6.45) is 1.15. The van der Waals surface area contributed by atoms with Gasteiger partial charge in [0.05, 0.1) is 0 Å². The summed E-state index contributed by atoms with van der Waals surface area (Å²) in [4.78, 5) is 0. The Morgan fingerprint density at radius 1 is 1.33 bits per heavy atom. The number of aryl methyl sites for hydroxylation is 2. The molecular weight excluding hydrogens is 108 g/mol. The maximum Gasteiger partial charge on any atom is 0 e. The highest BCUT2D eigenvalue weighted by molar-refractivity contribution is 5.24. The Morgan fingerprint density at radius 2 is 2.00 bits per heavy atom. The van der Waals surface area contributed by atoms with Gasteiger partial charge in [0, 0.05) is 1.43 Å². The molecule has 0 heteroatoms. The van der Waals surface area contributed by atoms with Gasteiger partial charge in [-0.25, -0.2) is 0 Å². The van der Waals surface area contributed by atoms with Gasteiger partial charge in [-0.05, 0) is 24.5 Å². The molecule has 0 aliphatic heterocycles. The molecule has 0 aromatic heterocycles. The molecule has 0 nitrogen and oxygen atoms in total. The summed E-state index contributed by atoms with van der Waals surface area (Å²) in [6, 6.07) is 8.49. The third-order valence-corrected chi connectivity index (χ3v) is 1.64. The van der Waals surface area contributed by atoms with E-state index in [-0.39, 0.29) is 1.43 Å². The maximum atomic E-state index is 2.18. The monoisotopic (exact) mass is 122 g/mol. The molecule has 0 bridgehead atoms. The highest BCUT2D eigenvalue weighted by Crippen LogP contribution is 2.06. The minimum absolute atomic E-state index is 0. The van der Waals surface area contributed by atoms with Gasteiger partial charge in [-0.3, -0.25) is 0 Å². The van der Waals surface area contributed by atoms with Crippen LogP contribution in [0.5, 0.6) is 0 Å². The first-order valence-electron chi connectivity index (χ1n) is 3.39. The van der Waals surface area contributed by atoms with Crippen LogP contribution in [0.15, 0.2) is 24.3 Å². The third-order valence-electron chi connectivity index (χ3n) is 1.64. The second-order valence-corrected chi connectivity index (χ2v) is 2.28. The topological polar surface area (TPSA) is 0 Å². The standard InChI is InChI=1S/C9H12.H2/c1-3-9-7-5-4-6-8(9)2;/h4-7H,3H2,1-2H3;1H. The van der Waals surface area contributed by atoms with Crippen LogP contribution in [0, 0.1) is 6.92 Å². The van der Waals surface area contributed by atoms with Gasteiger partial charge < -0.3 is 0 Å². The van der Waals surface area contributed by atoms with Crippen LogP contribution in [0.1, 0.15) is 19.5 Å². The van der Waals surface area contributed by atoms with Crippen molar-refractivity contribution in [1.82, 2.24) is 0 Å². The number of benzene rings is 1. The van der Waals surface area contributed by atoms with Crippen molar-refractivity contribution in [1.29, 1.82) is 0 Å². The molecule has 0 radical (unpaired) electrons. The molecule has 0 atom stereocenters. The van der Waals surface area contributed by atoms with Gasteiger partial charge in [-0.15, -0.1) is 0 Å². The zero-order valence-corrected chi connectivity index (χ0v) is 6.02. The van der Waals surface area contributed by atoms with E-state index >= 15 is 0 Å². The Balaban J connectivity index is 0.000000810. The zero-order chi connectivity index (χ0) is 6.69. The van der Waals surface area contributed by atoms with Crippen molar-refractivity contribution < 1.29 is 1.43 Å². The first-order chi connectivity index (χ1) is 4.34. The Kier molecular flexibility index (Phi) is 1.88. The van der Waals surface area contributed by atoms with Crippen LogP contribution in [-0.4, -0.2) is 0 Å². The van der Waals surface area contributed by atoms with E-state index in [0.29, 0.717) is 0 Å². The highest BCUT2D eigenvalue weighted by Gasteiger charge is 1.89. The maximum absolute atomic E-state index is 2.18. The van der Waals surface area contributed by atoms with Crippen molar-refractivity contribution in [2.75, 3.05) is 0 Å². The molecule has 50 valence electrons. The summed E-state index contributed by atoms with van der Waals surface area (Å²) in [5.74, 6) is 0. The van der Waals surface area contributed by atoms with Crippen molar-refractivity contribution in [3.05, 3.63) is 35.4 Å². The minimum atomic E-state index is 0. The van der Waals surface area contributed by atoms with E-state index in [2.05, 4.69) is 38.1 Å². The Bertz CT molecular complexity index is 194. The van der Waals surface area contributed by atoms with Gasteiger partial charge >= 0.3 is 0 Å². The first kappa shape index (κ1) is 6.34. The summed E-state index contributed by atoms with van der Waals surface area (Å²) < 4.78 is 0. The Hall–Kier alpha value is -0.780. The molecule has 0 amide bonds. The van der Waals surface area contributed by atoms with Gasteiger partial charge in [0.2, 0.25) is 0 Å². The average molecular weight is 122 g/mol. The average Bonchev–Trinajstić information content (AvgIpc) is 1.89. The molecule has 9 heavy (non-hydrogen) atoms. The molecule has 1 aromatic rings. The SMILES string of the molecule is CCc1ccccc1C.[HH]. The molecule has 1 aromatic carbocycles.